The molecule has 9 heteroatoms. The molecular weight excluding hydrogens is 377 g/mol. The molecule has 1 fully saturated rings. The number of carbonyl (C=O) groups excluding carboxylic acids is 1. The molecule has 1 saturated heterocycles. The number of benzene rings is 1. The molecule has 0 bridgehead atoms. The quantitative estimate of drug-likeness (QED) is 0.639. The number of carbonyl (C=O) groups is 1. The Morgan fingerprint density at radius 1 is 1.26 bits per heavy atom. The lowest BCUT2D eigenvalue weighted by Crippen LogP contribution is -2.40. The van der Waals surface area contributed by atoms with Crippen LogP contribution in [0.4, 0.5) is 23.1 Å². The lowest BCUT2D eigenvalue weighted by molar-refractivity contribution is -0.140. The molecule has 0 atom stereocenters. The predicted octanol–water partition coefficient (Wildman–Crippen LogP) is 5.05. The molecule has 2 N–H and O–H groups in total. The van der Waals surface area contributed by atoms with Crippen molar-refractivity contribution in [2.75, 3.05) is 18.4 Å². The summed E-state index contributed by atoms with van der Waals surface area (Å²) in [6.07, 6.45) is -0.863. The molecule has 1 aliphatic rings. The fourth-order valence-electron chi connectivity index (χ4n) is 3.46. The van der Waals surface area contributed by atoms with Crippen molar-refractivity contribution in [3.63, 3.8) is 0 Å². The third-order valence-corrected chi connectivity index (χ3v) is 5.61. The molecule has 0 aliphatic carbocycles. The van der Waals surface area contributed by atoms with E-state index in [-0.39, 0.29) is 5.13 Å². The number of aromatic nitrogens is 2. The first kappa shape index (κ1) is 17.8. The molecular formula is C18H17F3N4OS. The molecule has 2 aromatic heterocycles. The molecule has 27 heavy (non-hydrogen) atoms. The number of aromatic amines is 1. The van der Waals surface area contributed by atoms with Gasteiger partial charge in [-0.3, -0.25) is 5.32 Å². The Morgan fingerprint density at radius 3 is 2.70 bits per heavy atom. The van der Waals surface area contributed by atoms with Crippen molar-refractivity contribution >= 4 is 33.4 Å². The summed E-state index contributed by atoms with van der Waals surface area (Å²) < 4.78 is 37.8. The maximum atomic E-state index is 12.6. The van der Waals surface area contributed by atoms with Crippen LogP contribution in [0.2, 0.25) is 0 Å². The number of urea groups is 1. The number of thiazole rings is 1. The summed E-state index contributed by atoms with van der Waals surface area (Å²) in [6.45, 7) is 1.10. The Bertz CT molecular complexity index is 957. The van der Waals surface area contributed by atoms with Gasteiger partial charge in [0.25, 0.3) is 0 Å². The average molecular weight is 394 g/mol. The standard InChI is InChI=1S/C18H17F3N4OS/c19-18(20,21)15-10-27-16(23-15)24-17(26)25-7-5-11(6-8-25)13-9-22-14-4-2-1-3-12(13)14/h1-4,9-11,22H,5-8H2,(H,23,24,26). The van der Waals surface area contributed by atoms with Crippen LogP contribution >= 0.6 is 11.3 Å². The maximum absolute atomic E-state index is 12.6. The fraction of sp³-hybridized carbons (Fsp3) is 0.333. The van der Waals surface area contributed by atoms with Crippen molar-refractivity contribution in [2.45, 2.75) is 24.9 Å². The number of halogens is 3. The Morgan fingerprint density at radius 2 is 2.00 bits per heavy atom. The first-order chi connectivity index (χ1) is 12.9. The summed E-state index contributed by atoms with van der Waals surface area (Å²) >= 11 is 0.775. The van der Waals surface area contributed by atoms with Crippen LogP contribution in [-0.4, -0.2) is 34.0 Å². The van der Waals surface area contributed by atoms with E-state index in [1.807, 2.05) is 24.4 Å². The van der Waals surface area contributed by atoms with E-state index in [1.165, 1.54) is 10.9 Å². The minimum atomic E-state index is -4.50. The van der Waals surface area contributed by atoms with E-state index in [0.717, 1.165) is 35.1 Å². The van der Waals surface area contributed by atoms with Crippen molar-refractivity contribution in [1.82, 2.24) is 14.9 Å². The minimum absolute atomic E-state index is 0.0360. The topological polar surface area (TPSA) is 61.0 Å². The third-order valence-electron chi connectivity index (χ3n) is 4.85. The molecule has 0 saturated carbocycles. The van der Waals surface area contributed by atoms with E-state index in [0.29, 0.717) is 19.0 Å². The molecule has 0 unspecified atom stereocenters. The number of hydrogen-bond acceptors (Lipinski definition) is 3. The number of alkyl halides is 3. The summed E-state index contributed by atoms with van der Waals surface area (Å²) in [5, 5.41) is 4.53. The summed E-state index contributed by atoms with van der Waals surface area (Å²) in [6, 6.07) is 7.70. The Labute approximate surface area is 157 Å². The van der Waals surface area contributed by atoms with Gasteiger partial charge in [-0.1, -0.05) is 18.2 Å². The Balaban J connectivity index is 1.37. The zero-order valence-corrected chi connectivity index (χ0v) is 15.0. The molecule has 3 aromatic rings. The number of amides is 2. The zero-order valence-electron chi connectivity index (χ0n) is 14.2. The van der Waals surface area contributed by atoms with Crippen LogP contribution in [-0.2, 0) is 6.18 Å². The van der Waals surface area contributed by atoms with Gasteiger partial charge in [-0.2, -0.15) is 13.2 Å². The smallest absolute Gasteiger partial charge is 0.361 e. The van der Waals surface area contributed by atoms with Crippen LogP contribution < -0.4 is 5.32 Å². The molecule has 3 heterocycles. The van der Waals surface area contributed by atoms with Gasteiger partial charge < -0.3 is 9.88 Å². The van der Waals surface area contributed by atoms with Gasteiger partial charge in [0, 0.05) is 35.6 Å². The number of piperidine rings is 1. The Kier molecular flexibility index (Phi) is 4.55. The van der Waals surface area contributed by atoms with E-state index in [4.69, 9.17) is 0 Å². The van der Waals surface area contributed by atoms with E-state index in [9.17, 15) is 18.0 Å². The predicted molar refractivity (Wildman–Crippen MR) is 98.0 cm³/mol. The van der Waals surface area contributed by atoms with E-state index >= 15 is 0 Å². The molecule has 4 rings (SSSR count). The lowest BCUT2D eigenvalue weighted by atomic mass is 9.89. The van der Waals surface area contributed by atoms with Gasteiger partial charge >= 0.3 is 12.2 Å². The van der Waals surface area contributed by atoms with Gasteiger partial charge in [-0.05, 0) is 30.4 Å². The first-order valence-corrected chi connectivity index (χ1v) is 9.44. The summed E-state index contributed by atoms with van der Waals surface area (Å²) in [5.74, 6) is 0.349. The van der Waals surface area contributed by atoms with Crippen LogP contribution in [0, 0.1) is 0 Å². The number of hydrogen-bond donors (Lipinski definition) is 2. The fourth-order valence-corrected chi connectivity index (χ4v) is 4.16. The molecule has 0 radical (unpaired) electrons. The number of rotatable bonds is 2. The van der Waals surface area contributed by atoms with Crippen LogP contribution in [0.15, 0.2) is 35.8 Å². The highest BCUT2D eigenvalue weighted by Crippen LogP contribution is 2.34. The largest absolute Gasteiger partial charge is 0.434 e. The van der Waals surface area contributed by atoms with Gasteiger partial charge in [-0.25, -0.2) is 9.78 Å². The summed E-state index contributed by atoms with van der Waals surface area (Å²) in [5.41, 5.74) is 1.36. The monoisotopic (exact) mass is 394 g/mol. The molecule has 142 valence electrons. The first-order valence-electron chi connectivity index (χ1n) is 8.56. The number of nitrogens with one attached hydrogen (secondary N) is 2. The SMILES string of the molecule is O=C(Nc1nc(C(F)(F)F)cs1)N1CCC(c2c[nH]c3ccccc23)CC1. The number of para-hydroxylation sites is 1. The number of anilines is 1. The number of H-pyrrole nitrogens is 1. The second-order valence-electron chi connectivity index (χ2n) is 6.52. The van der Waals surface area contributed by atoms with Gasteiger partial charge in [0.05, 0.1) is 0 Å². The normalized spacial score (nSPS) is 16.0. The van der Waals surface area contributed by atoms with E-state index in [2.05, 4.69) is 21.4 Å². The van der Waals surface area contributed by atoms with Crippen LogP contribution in [0.25, 0.3) is 10.9 Å². The van der Waals surface area contributed by atoms with Crippen molar-refractivity contribution < 1.29 is 18.0 Å². The van der Waals surface area contributed by atoms with Crippen molar-refractivity contribution in [1.29, 1.82) is 0 Å². The van der Waals surface area contributed by atoms with Gasteiger partial charge in [0.1, 0.15) is 0 Å². The second-order valence-corrected chi connectivity index (χ2v) is 7.37. The average Bonchev–Trinajstić information content (AvgIpc) is 3.28. The lowest BCUT2D eigenvalue weighted by Gasteiger charge is -2.31. The number of likely N-dealkylation sites (tertiary alicyclic amines) is 1. The summed E-state index contributed by atoms with van der Waals surface area (Å²) in [7, 11) is 0. The zero-order chi connectivity index (χ0) is 19.0. The third kappa shape index (κ3) is 3.64. The minimum Gasteiger partial charge on any atom is -0.361 e. The van der Waals surface area contributed by atoms with Crippen molar-refractivity contribution in [3.8, 4) is 0 Å². The van der Waals surface area contributed by atoms with E-state index < -0.39 is 17.9 Å². The van der Waals surface area contributed by atoms with Crippen molar-refractivity contribution in [2.24, 2.45) is 0 Å². The molecule has 1 aromatic carbocycles. The van der Waals surface area contributed by atoms with Crippen LogP contribution in [0.3, 0.4) is 0 Å². The van der Waals surface area contributed by atoms with Gasteiger partial charge in [-0.15, -0.1) is 11.3 Å². The van der Waals surface area contributed by atoms with Crippen molar-refractivity contribution in [3.05, 3.63) is 47.1 Å². The van der Waals surface area contributed by atoms with E-state index in [1.54, 1.807) is 4.90 Å². The Hall–Kier alpha value is -2.55. The number of nitrogens with zero attached hydrogens (tertiary/aromatic N) is 2. The molecule has 1 aliphatic heterocycles. The summed E-state index contributed by atoms with van der Waals surface area (Å²) in [4.78, 5) is 20.7. The van der Waals surface area contributed by atoms with Crippen LogP contribution in [0.1, 0.15) is 30.0 Å². The highest BCUT2D eigenvalue weighted by Gasteiger charge is 2.34. The highest BCUT2D eigenvalue weighted by atomic mass is 32.1. The van der Waals surface area contributed by atoms with Gasteiger partial charge in [0.2, 0.25) is 0 Å². The maximum Gasteiger partial charge on any atom is 0.434 e. The number of fused-ring (bicyclic) bond motifs is 1. The second kappa shape index (κ2) is 6.88. The molecule has 0 spiro atoms. The van der Waals surface area contributed by atoms with Gasteiger partial charge in [0.15, 0.2) is 10.8 Å². The molecule has 5 nitrogen and oxygen atoms in total. The molecule has 2 amide bonds. The highest BCUT2D eigenvalue weighted by molar-refractivity contribution is 7.13. The van der Waals surface area contributed by atoms with Crippen LogP contribution in [0.5, 0.6) is 0 Å².